The summed E-state index contributed by atoms with van der Waals surface area (Å²) in [4.78, 5) is 54.7. The number of para-hydroxylation sites is 1. The number of rotatable bonds is 18. The van der Waals surface area contributed by atoms with Crippen molar-refractivity contribution in [3.05, 3.63) is 71.9 Å². The zero-order chi connectivity index (χ0) is 35.0. The molecule has 8 N–H and O–H groups in total. The number of sulfonamides is 1. The molecule has 1 aliphatic carbocycles. The number of carboxylic acid groups (broad SMARTS) is 1. The number of amides is 2. The number of nitrogens with two attached hydrogens (primary N) is 1. The standard InChI is InChI=1S/C33H46N5O8PS.Li/c1-48(45,46)38-27(15-7-10-18-34)30(39)37-29(19-23-11-3-2-4-12-23)47(43,44)22-33(16-8-9-17-33)32(42)36-28(31(40)41)20-24-21-35-26-14-6-5-13-25(24)26;/h2-6,11-14,21,27-29,35,38H,7-10,15-20,22,34H2,1H3,(H,36,42)(H,37,39)(H,40,41)(H,43,44);/t27-,28-,29+;/m0./s1. The molecule has 3 aromatic rings. The van der Waals surface area contributed by atoms with Gasteiger partial charge in [0.2, 0.25) is 29.2 Å². The second-order valence-electron chi connectivity index (χ2n) is 12.8. The Morgan fingerprint density at radius 1 is 0.980 bits per heavy atom. The van der Waals surface area contributed by atoms with Gasteiger partial charge in [0.25, 0.3) is 0 Å². The van der Waals surface area contributed by atoms with Gasteiger partial charge in [0.05, 0.1) is 11.7 Å². The van der Waals surface area contributed by atoms with E-state index in [1.165, 1.54) is 0 Å². The molecule has 0 aliphatic heterocycles. The number of H-pyrrole nitrogens is 1. The second-order valence-corrected chi connectivity index (χ2v) is 17.0. The molecule has 2 aromatic carbocycles. The van der Waals surface area contributed by atoms with Crippen LogP contribution in [0.15, 0.2) is 60.8 Å². The topological polar surface area (TPSA) is 221 Å². The molecule has 49 heavy (non-hydrogen) atoms. The van der Waals surface area contributed by atoms with E-state index in [-0.39, 0.29) is 51.0 Å². The number of carbonyl (C=O) groups excluding carboxylic acids is 2. The molecule has 1 aromatic heterocycles. The Morgan fingerprint density at radius 2 is 1.63 bits per heavy atom. The van der Waals surface area contributed by atoms with Crippen LogP contribution in [0.3, 0.4) is 0 Å². The van der Waals surface area contributed by atoms with E-state index in [1.54, 1.807) is 36.5 Å². The van der Waals surface area contributed by atoms with Crippen molar-refractivity contribution in [2.75, 3.05) is 19.0 Å². The molecule has 13 nitrogen and oxygen atoms in total. The number of unbranched alkanes of at least 4 members (excludes halogenated alkanes) is 1. The summed E-state index contributed by atoms with van der Waals surface area (Å²) in [6.07, 6.45) is 4.98. The van der Waals surface area contributed by atoms with E-state index >= 15 is 0 Å². The van der Waals surface area contributed by atoms with Gasteiger partial charge in [-0.05, 0) is 49.4 Å². The maximum atomic E-state index is 14.4. The number of aromatic nitrogens is 1. The quantitative estimate of drug-likeness (QED) is 0.0585. The first-order valence-electron chi connectivity index (χ1n) is 16.1. The molecular formula is C33H46LiN5O8PS. The number of hydrogen-bond acceptors (Lipinski definition) is 7. The van der Waals surface area contributed by atoms with Gasteiger partial charge in [-0.25, -0.2) is 17.9 Å². The van der Waals surface area contributed by atoms with Gasteiger partial charge < -0.3 is 31.4 Å². The van der Waals surface area contributed by atoms with Gasteiger partial charge in [0.1, 0.15) is 17.9 Å². The molecule has 0 bridgehead atoms. The molecule has 2 amide bonds. The minimum Gasteiger partial charge on any atom is -0.480 e. The molecular weight excluding hydrogens is 664 g/mol. The van der Waals surface area contributed by atoms with Crippen LogP contribution in [0, 0.1) is 5.41 Å². The maximum Gasteiger partial charge on any atom is 0.326 e. The Kier molecular flexibility index (Phi) is 14.7. The minimum absolute atomic E-state index is 0. The maximum absolute atomic E-state index is 14.4. The molecule has 0 saturated heterocycles. The van der Waals surface area contributed by atoms with E-state index in [0.29, 0.717) is 43.4 Å². The average molecular weight is 711 g/mol. The summed E-state index contributed by atoms with van der Waals surface area (Å²) in [5.41, 5.74) is 6.43. The first-order valence-corrected chi connectivity index (χ1v) is 20.0. The number of aromatic amines is 1. The van der Waals surface area contributed by atoms with Gasteiger partial charge >= 0.3 is 5.97 Å². The van der Waals surface area contributed by atoms with E-state index in [0.717, 1.165) is 17.2 Å². The zero-order valence-electron chi connectivity index (χ0n) is 28.1. The molecule has 16 heteroatoms. The Labute approximate surface area is 299 Å². The van der Waals surface area contributed by atoms with E-state index in [2.05, 4.69) is 20.3 Å². The fourth-order valence-electron chi connectivity index (χ4n) is 6.48. The molecule has 4 rings (SSSR count). The van der Waals surface area contributed by atoms with Crippen LogP contribution in [-0.4, -0.2) is 96.9 Å². The van der Waals surface area contributed by atoms with Crippen molar-refractivity contribution >= 4 is 64.9 Å². The van der Waals surface area contributed by atoms with Crippen LogP contribution < -0.4 is 21.1 Å². The van der Waals surface area contributed by atoms with Crippen LogP contribution in [0.2, 0.25) is 0 Å². The van der Waals surface area contributed by atoms with Gasteiger partial charge in [-0.15, -0.1) is 0 Å². The summed E-state index contributed by atoms with van der Waals surface area (Å²) >= 11 is 0. The van der Waals surface area contributed by atoms with Crippen molar-refractivity contribution in [2.24, 2.45) is 11.1 Å². The van der Waals surface area contributed by atoms with Gasteiger partial charge in [0.15, 0.2) is 0 Å². The van der Waals surface area contributed by atoms with Gasteiger partial charge in [-0.2, -0.15) is 0 Å². The predicted octanol–water partition coefficient (Wildman–Crippen LogP) is 2.46. The average Bonchev–Trinajstić information content (AvgIpc) is 3.67. The number of benzene rings is 2. The van der Waals surface area contributed by atoms with E-state index < -0.39 is 64.6 Å². The van der Waals surface area contributed by atoms with Crippen molar-refractivity contribution in [3.63, 3.8) is 0 Å². The fraction of sp³-hybridized carbons (Fsp3) is 0.485. The van der Waals surface area contributed by atoms with Crippen LogP contribution in [-0.2, 0) is 41.8 Å². The number of carboxylic acids is 1. The van der Waals surface area contributed by atoms with Crippen LogP contribution in [0.4, 0.5) is 0 Å². The van der Waals surface area contributed by atoms with Crippen LogP contribution in [0.1, 0.15) is 56.1 Å². The third-order valence-corrected chi connectivity index (χ3v) is 12.0. The summed E-state index contributed by atoms with van der Waals surface area (Å²) in [6.45, 7) is 0.352. The van der Waals surface area contributed by atoms with Crippen LogP contribution in [0.5, 0.6) is 0 Å². The normalized spacial score (nSPS) is 17.3. The zero-order valence-corrected chi connectivity index (χ0v) is 29.8. The largest absolute Gasteiger partial charge is 0.480 e. The Bertz CT molecular complexity index is 1730. The molecule has 1 heterocycles. The molecule has 1 unspecified atom stereocenters. The number of nitrogens with one attached hydrogen (secondary N) is 4. The summed E-state index contributed by atoms with van der Waals surface area (Å²) in [5.74, 6) is -3.97. The molecule has 1 saturated carbocycles. The first-order chi connectivity index (χ1) is 22.7. The van der Waals surface area contributed by atoms with Crippen molar-refractivity contribution in [2.45, 2.75) is 75.7 Å². The first kappa shape index (κ1) is 40.5. The van der Waals surface area contributed by atoms with Crippen LogP contribution in [0.25, 0.3) is 10.9 Å². The minimum atomic E-state index is -4.41. The molecule has 263 valence electrons. The monoisotopic (exact) mass is 710 g/mol. The Morgan fingerprint density at radius 3 is 2.27 bits per heavy atom. The van der Waals surface area contributed by atoms with Crippen molar-refractivity contribution in [3.8, 4) is 0 Å². The van der Waals surface area contributed by atoms with Crippen LogP contribution >= 0.6 is 7.37 Å². The molecule has 1 fully saturated rings. The molecule has 4 atom stereocenters. The fourth-order valence-corrected chi connectivity index (χ4v) is 9.59. The number of carbonyl (C=O) groups is 3. The van der Waals surface area contributed by atoms with Gasteiger partial charge in [-0.1, -0.05) is 67.8 Å². The van der Waals surface area contributed by atoms with E-state index in [4.69, 9.17) is 5.73 Å². The third kappa shape index (κ3) is 11.3. The number of aliphatic carboxylic acids is 1. The summed E-state index contributed by atoms with van der Waals surface area (Å²) in [6, 6.07) is 13.7. The SMILES string of the molecule is CS(=O)(=O)N[C@@H](CCCCN)C(=O)N[C@@H](Cc1ccccc1)P(=O)(O)CC1(C(=O)N[C@@H](Cc2c[nH]c3ccccc23)C(=O)O)CCCC1.[Li]. The summed E-state index contributed by atoms with van der Waals surface area (Å²) in [5, 5.41) is 16.2. The Balaban J connectivity index is 0.00000650. The third-order valence-electron chi connectivity index (χ3n) is 8.96. The summed E-state index contributed by atoms with van der Waals surface area (Å²) in [7, 11) is -8.21. The van der Waals surface area contributed by atoms with Crippen molar-refractivity contribution in [1.29, 1.82) is 0 Å². The van der Waals surface area contributed by atoms with Gasteiger partial charge in [-0.3, -0.25) is 14.2 Å². The van der Waals surface area contributed by atoms with Crippen molar-refractivity contribution in [1.82, 2.24) is 20.3 Å². The summed E-state index contributed by atoms with van der Waals surface area (Å²) < 4.78 is 40.9. The number of fused-ring (bicyclic) bond motifs is 1. The van der Waals surface area contributed by atoms with E-state index in [1.807, 2.05) is 24.3 Å². The second kappa shape index (κ2) is 17.8. The van der Waals surface area contributed by atoms with E-state index in [9.17, 15) is 37.4 Å². The predicted molar refractivity (Wildman–Crippen MR) is 190 cm³/mol. The number of hydrogen-bond donors (Lipinski definition) is 7. The molecule has 1 radical (unpaired) electrons. The Hall–Kier alpha value is -2.95. The smallest absolute Gasteiger partial charge is 0.326 e. The molecule has 0 spiro atoms. The van der Waals surface area contributed by atoms with Gasteiger partial charge in [0, 0.05) is 55.0 Å². The molecule has 1 aliphatic rings. The van der Waals surface area contributed by atoms with Crippen molar-refractivity contribution < 1.29 is 37.4 Å².